The zero-order valence-corrected chi connectivity index (χ0v) is 13.3. The zero-order valence-electron chi connectivity index (χ0n) is 12.4. The van der Waals surface area contributed by atoms with Crippen molar-refractivity contribution in [2.45, 2.75) is 69.5 Å². The molecule has 2 atom stereocenters. The van der Waals surface area contributed by atoms with Crippen molar-refractivity contribution in [3.05, 3.63) is 16.1 Å². The summed E-state index contributed by atoms with van der Waals surface area (Å²) in [5.41, 5.74) is 7.86. The minimum Gasteiger partial charge on any atom is -0.319 e. The lowest BCUT2D eigenvalue weighted by atomic mass is 9.84. The van der Waals surface area contributed by atoms with E-state index in [1.807, 2.05) is 0 Å². The SMILES string of the molecule is CN1C2CCC1CC(N)(c1nc(C(C)(C)C)cs1)C2. The van der Waals surface area contributed by atoms with Crippen LogP contribution in [0.4, 0.5) is 0 Å². The molecule has 3 rings (SSSR count). The monoisotopic (exact) mass is 279 g/mol. The minimum atomic E-state index is -0.188. The van der Waals surface area contributed by atoms with E-state index >= 15 is 0 Å². The molecule has 2 aliphatic heterocycles. The Hall–Kier alpha value is -0.450. The molecule has 106 valence electrons. The maximum atomic E-state index is 6.74. The number of nitrogens with zero attached hydrogens (tertiary/aromatic N) is 2. The summed E-state index contributed by atoms with van der Waals surface area (Å²) >= 11 is 1.76. The fraction of sp³-hybridized carbons (Fsp3) is 0.800. The van der Waals surface area contributed by atoms with E-state index in [4.69, 9.17) is 10.7 Å². The van der Waals surface area contributed by atoms with E-state index in [-0.39, 0.29) is 11.0 Å². The molecule has 3 nitrogen and oxygen atoms in total. The Bertz CT molecular complexity index is 460. The minimum absolute atomic E-state index is 0.121. The van der Waals surface area contributed by atoms with Crippen LogP contribution < -0.4 is 5.73 Å². The molecule has 2 fully saturated rings. The molecule has 19 heavy (non-hydrogen) atoms. The Balaban J connectivity index is 1.88. The molecular weight excluding hydrogens is 254 g/mol. The molecule has 3 heterocycles. The third kappa shape index (κ3) is 2.24. The molecule has 1 aromatic rings. The number of thiazole rings is 1. The van der Waals surface area contributed by atoms with Crippen molar-refractivity contribution in [2.75, 3.05) is 7.05 Å². The van der Waals surface area contributed by atoms with E-state index in [9.17, 15) is 0 Å². The van der Waals surface area contributed by atoms with E-state index in [0.717, 1.165) is 17.8 Å². The van der Waals surface area contributed by atoms with Gasteiger partial charge in [0, 0.05) is 22.9 Å². The molecule has 1 aromatic heterocycles. The molecule has 0 aliphatic carbocycles. The average Bonchev–Trinajstić information content (AvgIpc) is 2.86. The first-order chi connectivity index (χ1) is 8.79. The third-order valence-electron chi connectivity index (χ3n) is 4.88. The van der Waals surface area contributed by atoms with Crippen LogP contribution in [-0.2, 0) is 11.0 Å². The van der Waals surface area contributed by atoms with E-state index < -0.39 is 0 Å². The van der Waals surface area contributed by atoms with Gasteiger partial charge in [0.1, 0.15) is 5.01 Å². The predicted molar refractivity (Wildman–Crippen MR) is 80.5 cm³/mol. The summed E-state index contributed by atoms with van der Waals surface area (Å²) in [7, 11) is 2.25. The van der Waals surface area contributed by atoms with Crippen LogP contribution in [0, 0.1) is 0 Å². The van der Waals surface area contributed by atoms with E-state index in [1.54, 1.807) is 11.3 Å². The lowest BCUT2D eigenvalue weighted by Crippen LogP contribution is -2.52. The molecule has 4 heteroatoms. The molecule has 2 N–H and O–H groups in total. The lowest BCUT2D eigenvalue weighted by molar-refractivity contribution is 0.112. The van der Waals surface area contributed by atoms with Crippen molar-refractivity contribution in [3.8, 4) is 0 Å². The van der Waals surface area contributed by atoms with E-state index in [0.29, 0.717) is 12.1 Å². The summed E-state index contributed by atoms with van der Waals surface area (Å²) in [5.74, 6) is 0. The Labute approximate surface area is 120 Å². The van der Waals surface area contributed by atoms with Gasteiger partial charge in [0.2, 0.25) is 0 Å². The number of fused-ring (bicyclic) bond motifs is 2. The fourth-order valence-corrected chi connectivity index (χ4v) is 4.71. The second-order valence-corrected chi connectivity index (χ2v) is 8.26. The number of piperidine rings is 1. The molecule has 0 aromatic carbocycles. The van der Waals surface area contributed by atoms with Crippen LogP contribution in [-0.4, -0.2) is 29.0 Å². The highest BCUT2D eigenvalue weighted by Gasteiger charge is 2.47. The molecule has 2 aliphatic rings. The molecule has 2 saturated heterocycles. The average molecular weight is 279 g/mol. The summed E-state index contributed by atoms with van der Waals surface area (Å²) in [5, 5.41) is 3.35. The maximum absolute atomic E-state index is 6.74. The van der Waals surface area contributed by atoms with Crippen LogP contribution in [0.5, 0.6) is 0 Å². The highest BCUT2D eigenvalue weighted by Crippen LogP contribution is 2.44. The second kappa shape index (κ2) is 4.27. The van der Waals surface area contributed by atoms with Gasteiger partial charge < -0.3 is 10.6 Å². The lowest BCUT2D eigenvalue weighted by Gasteiger charge is -2.42. The third-order valence-corrected chi connectivity index (χ3v) is 5.95. The molecule has 2 bridgehead atoms. The highest BCUT2D eigenvalue weighted by atomic mass is 32.1. The summed E-state index contributed by atoms with van der Waals surface area (Å²) in [6.45, 7) is 6.65. The number of hydrogen-bond acceptors (Lipinski definition) is 4. The first-order valence-electron chi connectivity index (χ1n) is 7.27. The van der Waals surface area contributed by atoms with Crippen molar-refractivity contribution in [1.82, 2.24) is 9.88 Å². The van der Waals surface area contributed by atoms with Crippen LogP contribution in [0.25, 0.3) is 0 Å². The topological polar surface area (TPSA) is 42.1 Å². The fourth-order valence-electron chi connectivity index (χ4n) is 3.53. The predicted octanol–water partition coefficient (Wildman–Crippen LogP) is 2.85. The van der Waals surface area contributed by atoms with Gasteiger partial charge in [-0.25, -0.2) is 4.98 Å². The molecule has 0 saturated carbocycles. The van der Waals surface area contributed by atoms with Crippen LogP contribution in [0.2, 0.25) is 0 Å². The quantitative estimate of drug-likeness (QED) is 0.859. The normalized spacial score (nSPS) is 35.8. The number of aromatic nitrogens is 1. The molecule has 0 amide bonds. The van der Waals surface area contributed by atoms with E-state index in [1.165, 1.54) is 18.5 Å². The van der Waals surface area contributed by atoms with Gasteiger partial charge in [0.15, 0.2) is 0 Å². The van der Waals surface area contributed by atoms with Crippen molar-refractivity contribution >= 4 is 11.3 Å². The van der Waals surface area contributed by atoms with Crippen LogP contribution in [0.15, 0.2) is 5.38 Å². The van der Waals surface area contributed by atoms with Gasteiger partial charge in [-0.1, -0.05) is 20.8 Å². The van der Waals surface area contributed by atoms with Gasteiger partial charge in [-0.2, -0.15) is 0 Å². The van der Waals surface area contributed by atoms with Gasteiger partial charge in [0.25, 0.3) is 0 Å². The number of nitrogens with two attached hydrogens (primary N) is 1. The van der Waals surface area contributed by atoms with Gasteiger partial charge in [-0.3, -0.25) is 0 Å². The van der Waals surface area contributed by atoms with Crippen molar-refractivity contribution in [1.29, 1.82) is 0 Å². The van der Waals surface area contributed by atoms with Crippen molar-refractivity contribution in [2.24, 2.45) is 5.73 Å². The standard InChI is InChI=1S/C15H25N3S/c1-14(2,3)12-9-19-13(17-12)15(16)7-10-5-6-11(8-15)18(10)4/h9-11H,5-8,16H2,1-4H3. The Morgan fingerprint density at radius 3 is 2.37 bits per heavy atom. The summed E-state index contributed by atoms with van der Waals surface area (Å²) in [6.07, 6.45) is 4.74. The Morgan fingerprint density at radius 1 is 1.32 bits per heavy atom. The van der Waals surface area contributed by atoms with Gasteiger partial charge >= 0.3 is 0 Å². The largest absolute Gasteiger partial charge is 0.319 e. The van der Waals surface area contributed by atoms with E-state index in [2.05, 4.69) is 38.1 Å². The summed E-state index contributed by atoms with van der Waals surface area (Å²) < 4.78 is 0. The van der Waals surface area contributed by atoms with Crippen LogP contribution in [0.1, 0.15) is 57.2 Å². The van der Waals surface area contributed by atoms with Crippen molar-refractivity contribution < 1.29 is 0 Å². The van der Waals surface area contributed by atoms with Crippen LogP contribution in [0.3, 0.4) is 0 Å². The second-order valence-electron chi connectivity index (χ2n) is 7.40. The molecule has 0 radical (unpaired) electrons. The first-order valence-corrected chi connectivity index (χ1v) is 8.15. The first kappa shape index (κ1) is 13.5. The van der Waals surface area contributed by atoms with Gasteiger partial charge in [-0.15, -0.1) is 11.3 Å². The summed E-state index contributed by atoms with van der Waals surface area (Å²) in [4.78, 5) is 7.40. The zero-order chi connectivity index (χ0) is 13.8. The number of rotatable bonds is 1. The Morgan fingerprint density at radius 2 is 1.89 bits per heavy atom. The smallest absolute Gasteiger partial charge is 0.113 e. The highest BCUT2D eigenvalue weighted by molar-refractivity contribution is 7.09. The van der Waals surface area contributed by atoms with Gasteiger partial charge in [0.05, 0.1) is 11.2 Å². The molecule has 2 unspecified atom stereocenters. The maximum Gasteiger partial charge on any atom is 0.113 e. The van der Waals surface area contributed by atoms with Crippen LogP contribution >= 0.6 is 11.3 Å². The Kier molecular flexibility index (Phi) is 3.04. The van der Waals surface area contributed by atoms with Crippen molar-refractivity contribution in [3.63, 3.8) is 0 Å². The molecular formula is C15H25N3S. The molecule has 0 spiro atoms. The number of hydrogen-bond donors (Lipinski definition) is 1. The van der Waals surface area contributed by atoms with Gasteiger partial charge in [-0.05, 0) is 32.7 Å². The summed E-state index contributed by atoms with van der Waals surface area (Å²) in [6, 6.07) is 1.32.